The monoisotopic (exact) mass is 294 g/mol. The molecule has 0 aliphatic rings. The van der Waals surface area contributed by atoms with Crippen molar-refractivity contribution in [1.82, 2.24) is 10.2 Å². The number of hydrogen-bond donors (Lipinski definition) is 2. The Kier molecular flexibility index (Phi) is 6.02. The van der Waals surface area contributed by atoms with Gasteiger partial charge in [0.2, 0.25) is 0 Å². The molecule has 0 saturated carbocycles. The number of urea groups is 1. The van der Waals surface area contributed by atoms with Crippen molar-refractivity contribution in [1.29, 1.82) is 0 Å². The molecule has 21 heavy (non-hydrogen) atoms. The maximum absolute atomic E-state index is 12.0. The normalized spacial score (nSPS) is 13.1. The second kappa shape index (κ2) is 7.52. The zero-order chi connectivity index (χ0) is 16.0. The van der Waals surface area contributed by atoms with Crippen LogP contribution in [0, 0.1) is 5.92 Å². The van der Waals surface area contributed by atoms with Gasteiger partial charge in [0, 0.05) is 13.6 Å². The summed E-state index contributed by atoms with van der Waals surface area (Å²) in [7, 11) is 3.17. The molecule has 0 fully saturated rings. The number of nitrogens with one attached hydrogen (secondary N) is 1. The first kappa shape index (κ1) is 16.8. The zero-order valence-corrected chi connectivity index (χ0v) is 12.8. The average molecular weight is 294 g/mol. The van der Waals surface area contributed by atoms with Crippen LogP contribution in [0.5, 0.6) is 5.75 Å². The molecule has 2 unspecified atom stereocenters. The van der Waals surface area contributed by atoms with E-state index in [0.717, 1.165) is 11.3 Å². The van der Waals surface area contributed by atoms with E-state index in [1.54, 1.807) is 21.1 Å². The van der Waals surface area contributed by atoms with E-state index in [1.165, 1.54) is 4.90 Å². The zero-order valence-electron chi connectivity index (χ0n) is 12.8. The van der Waals surface area contributed by atoms with Gasteiger partial charge in [-0.25, -0.2) is 4.79 Å². The Labute approximate surface area is 124 Å². The van der Waals surface area contributed by atoms with Crippen LogP contribution in [-0.2, 0) is 4.79 Å². The maximum atomic E-state index is 12.0. The topological polar surface area (TPSA) is 78.9 Å². The van der Waals surface area contributed by atoms with Crippen molar-refractivity contribution < 1.29 is 19.4 Å². The molecule has 1 aromatic rings. The summed E-state index contributed by atoms with van der Waals surface area (Å²) in [4.78, 5) is 24.2. The van der Waals surface area contributed by atoms with Gasteiger partial charge in [-0.3, -0.25) is 4.79 Å². The van der Waals surface area contributed by atoms with E-state index in [2.05, 4.69) is 5.32 Å². The first-order valence-electron chi connectivity index (χ1n) is 6.73. The minimum atomic E-state index is -0.919. The Morgan fingerprint density at radius 2 is 1.86 bits per heavy atom. The molecule has 6 nitrogen and oxygen atoms in total. The molecule has 1 rings (SSSR count). The van der Waals surface area contributed by atoms with Gasteiger partial charge in [0.1, 0.15) is 5.75 Å². The quantitative estimate of drug-likeness (QED) is 0.842. The Bertz CT molecular complexity index is 487. The van der Waals surface area contributed by atoms with Crippen molar-refractivity contribution in [3.8, 4) is 5.75 Å². The highest BCUT2D eigenvalue weighted by molar-refractivity contribution is 5.76. The lowest BCUT2D eigenvalue weighted by molar-refractivity contribution is -0.141. The van der Waals surface area contributed by atoms with Crippen LogP contribution < -0.4 is 10.1 Å². The van der Waals surface area contributed by atoms with E-state index in [-0.39, 0.29) is 18.6 Å². The van der Waals surface area contributed by atoms with Crippen molar-refractivity contribution in [3.05, 3.63) is 29.8 Å². The van der Waals surface area contributed by atoms with Crippen molar-refractivity contribution in [3.63, 3.8) is 0 Å². The van der Waals surface area contributed by atoms with E-state index in [4.69, 9.17) is 9.84 Å². The van der Waals surface area contributed by atoms with Crippen LogP contribution in [0.2, 0.25) is 0 Å². The SMILES string of the molecule is COc1ccc(C(C)NC(=O)N(C)CC(C)C(=O)O)cc1. The highest BCUT2D eigenvalue weighted by atomic mass is 16.5. The molecular formula is C15H22N2O4. The molecule has 0 saturated heterocycles. The number of carbonyl (C=O) groups is 2. The predicted molar refractivity (Wildman–Crippen MR) is 79.4 cm³/mol. The van der Waals surface area contributed by atoms with Gasteiger partial charge in [0.05, 0.1) is 19.1 Å². The van der Waals surface area contributed by atoms with Crippen molar-refractivity contribution in [2.75, 3.05) is 20.7 Å². The van der Waals surface area contributed by atoms with Crippen molar-refractivity contribution in [2.45, 2.75) is 19.9 Å². The lowest BCUT2D eigenvalue weighted by atomic mass is 10.1. The summed E-state index contributed by atoms with van der Waals surface area (Å²) in [5.74, 6) is -0.764. The van der Waals surface area contributed by atoms with Gasteiger partial charge in [-0.15, -0.1) is 0 Å². The molecule has 0 heterocycles. The smallest absolute Gasteiger partial charge is 0.317 e. The van der Waals surface area contributed by atoms with Crippen LogP contribution >= 0.6 is 0 Å². The molecule has 0 radical (unpaired) electrons. The van der Waals surface area contributed by atoms with Crippen molar-refractivity contribution >= 4 is 12.0 Å². The molecule has 2 amide bonds. The Morgan fingerprint density at radius 3 is 2.33 bits per heavy atom. The van der Waals surface area contributed by atoms with Gasteiger partial charge in [-0.05, 0) is 24.6 Å². The number of methoxy groups -OCH3 is 1. The molecule has 2 N–H and O–H groups in total. The van der Waals surface area contributed by atoms with E-state index in [9.17, 15) is 9.59 Å². The lowest BCUT2D eigenvalue weighted by Crippen LogP contribution is -2.41. The minimum absolute atomic E-state index is 0.163. The second-order valence-corrected chi connectivity index (χ2v) is 5.06. The van der Waals surface area contributed by atoms with Gasteiger partial charge >= 0.3 is 12.0 Å². The second-order valence-electron chi connectivity index (χ2n) is 5.06. The van der Waals surface area contributed by atoms with Crippen LogP contribution in [0.1, 0.15) is 25.5 Å². The fourth-order valence-electron chi connectivity index (χ4n) is 1.84. The summed E-state index contributed by atoms with van der Waals surface area (Å²) in [6.45, 7) is 3.60. The van der Waals surface area contributed by atoms with Gasteiger partial charge < -0.3 is 20.1 Å². The molecule has 0 aliphatic carbocycles. The molecule has 0 bridgehead atoms. The molecule has 2 atom stereocenters. The van der Waals surface area contributed by atoms with E-state index in [1.807, 2.05) is 31.2 Å². The third kappa shape index (κ3) is 4.98. The Balaban J connectivity index is 2.58. The number of aliphatic carboxylic acids is 1. The van der Waals surface area contributed by atoms with E-state index < -0.39 is 11.9 Å². The number of amides is 2. The fraction of sp³-hybridized carbons (Fsp3) is 0.467. The van der Waals surface area contributed by atoms with Crippen LogP contribution in [-0.4, -0.2) is 42.7 Å². The number of nitrogens with zero attached hydrogens (tertiary/aromatic N) is 1. The number of carbonyl (C=O) groups excluding carboxylic acids is 1. The highest BCUT2D eigenvalue weighted by Crippen LogP contribution is 2.17. The van der Waals surface area contributed by atoms with Crippen LogP contribution in [0.3, 0.4) is 0 Å². The molecule has 0 spiro atoms. The average Bonchev–Trinajstić information content (AvgIpc) is 2.46. The summed E-state index contributed by atoms with van der Waals surface area (Å²) < 4.78 is 5.08. The molecule has 0 aliphatic heterocycles. The maximum Gasteiger partial charge on any atom is 0.317 e. The largest absolute Gasteiger partial charge is 0.497 e. The molecule has 116 valence electrons. The summed E-state index contributed by atoms with van der Waals surface area (Å²) in [5, 5.41) is 11.7. The molecule has 1 aromatic carbocycles. The highest BCUT2D eigenvalue weighted by Gasteiger charge is 2.18. The first-order chi connectivity index (χ1) is 9.85. The fourth-order valence-corrected chi connectivity index (χ4v) is 1.84. The van der Waals surface area contributed by atoms with Gasteiger partial charge in [-0.1, -0.05) is 19.1 Å². The predicted octanol–water partition coefficient (Wildman–Crippen LogP) is 2.12. The molecule has 6 heteroatoms. The Hall–Kier alpha value is -2.24. The number of carboxylic acid groups (broad SMARTS) is 1. The summed E-state index contributed by atoms with van der Waals surface area (Å²) in [6, 6.07) is 6.94. The minimum Gasteiger partial charge on any atom is -0.497 e. The molecular weight excluding hydrogens is 272 g/mol. The molecule has 0 aromatic heterocycles. The number of benzene rings is 1. The van der Waals surface area contributed by atoms with Gasteiger partial charge in [-0.2, -0.15) is 0 Å². The standard InChI is InChI=1S/C15H22N2O4/c1-10(14(18)19)9-17(3)15(20)16-11(2)12-5-7-13(21-4)8-6-12/h5-8,10-11H,9H2,1-4H3,(H,16,20)(H,18,19). The number of ether oxygens (including phenoxy) is 1. The summed E-state index contributed by atoms with van der Waals surface area (Å²) >= 11 is 0. The van der Waals surface area contributed by atoms with E-state index in [0.29, 0.717) is 0 Å². The lowest BCUT2D eigenvalue weighted by Gasteiger charge is -2.23. The Morgan fingerprint density at radius 1 is 1.29 bits per heavy atom. The van der Waals surface area contributed by atoms with Gasteiger partial charge in [0.25, 0.3) is 0 Å². The summed E-state index contributed by atoms with van der Waals surface area (Å²) in [5.41, 5.74) is 0.948. The van der Waals surface area contributed by atoms with E-state index >= 15 is 0 Å². The third-order valence-corrected chi connectivity index (χ3v) is 3.27. The van der Waals surface area contributed by atoms with Crippen molar-refractivity contribution in [2.24, 2.45) is 5.92 Å². The number of carboxylic acids is 1. The van der Waals surface area contributed by atoms with Crippen LogP contribution in [0.4, 0.5) is 4.79 Å². The summed E-state index contributed by atoms with van der Waals surface area (Å²) in [6.07, 6.45) is 0. The third-order valence-electron chi connectivity index (χ3n) is 3.27. The number of hydrogen-bond acceptors (Lipinski definition) is 3. The van der Waals surface area contributed by atoms with Crippen LogP contribution in [0.15, 0.2) is 24.3 Å². The number of rotatable bonds is 6. The first-order valence-corrected chi connectivity index (χ1v) is 6.73. The van der Waals surface area contributed by atoms with Gasteiger partial charge in [0.15, 0.2) is 0 Å². The van der Waals surface area contributed by atoms with Crippen LogP contribution in [0.25, 0.3) is 0 Å².